The topological polar surface area (TPSA) is 59.6 Å². The van der Waals surface area contributed by atoms with Crippen molar-refractivity contribution < 1.29 is 23.0 Å². The van der Waals surface area contributed by atoms with Crippen LogP contribution in [-0.4, -0.2) is 26.3 Å². The van der Waals surface area contributed by atoms with E-state index in [1.165, 1.54) is 18.2 Å². The molecule has 5 nitrogen and oxygen atoms in total. The molecule has 0 aromatic heterocycles. The molecule has 2 N–H and O–H groups in total. The van der Waals surface area contributed by atoms with Gasteiger partial charge < -0.3 is 20.1 Å². The molecule has 0 fully saturated rings. The standard InChI is InChI=1S/C17H18F2N2O3/c1-23-14-7-5-12(6-8-14)9-10-20-17(22)21-13-3-2-4-15(11-13)24-16(18)19/h2-8,11,16H,9-10H2,1H3,(H2,20,21,22). The van der Waals surface area contributed by atoms with Crippen LogP contribution in [0.3, 0.4) is 0 Å². The average molecular weight is 336 g/mol. The lowest BCUT2D eigenvalue weighted by atomic mass is 10.1. The zero-order valence-corrected chi connectivity index (χ0v) is 13.1. The van der Waals surface area contributed by atoms with Crippen LogP contribution in [-0.2, 0) is 6.42 Å². The minimum absolute atomic E-state index is 0.0129. The van der Waals surface area contributed by atoms with E-state index in [-0.39, 0.29) is 5.75 Å². The van der Waals surface area contributed by atoms with Crippen LogP contribution in [0, 0.1) is 0 Å². The summed E-state index contributed by atoms with van der Waals surface area (Å²) in [6, 6.07) is 12.9. The first-order chi connectivity index (χ1) is 11.6. The predicted octanol–water partition coefficient (Wildman–Crippen LogP) is 3.66. The van der Waals surface area contributed by atoms with Crippen molar-refractivity contribution in [3.05, 3.63) is 54.1 Å². The minimum Gasteiger partial charge on any atom is -0.497 e. The highest BCUT2D eigenvalue weighted by Crippen LogP contribution is 2.19. The molecule has 0 saturated carbocycles. The van der Waals surface area contributed by atoms with E-state index in [1.54, 1.807) is 13.2 Å². The maximum Gasteiger partial charge on any atom is 0.387 e. The molecule has 2 aromatic rings. The fraction of sp³-hybridized carbons (Fsp3) is 0.235. The first-order valence-corrected chi connectivity index (χ1v) is 7.29. The van der Waals surface area contributed by atoms with Crippen molar-refractivity contribution in [2.45, 2.75) is 13.0 Å². The fourth-order valence-corrected chi connectivity index (χ4v) is 2.04. The third-order valence-corrected chi connectivity index (χ3v) is 3.18. The largest absolute Gasteiger partial charge is 0.497 e. The number of benzene rings is 2. The van der Waals surface area contributed by atoms with E-state index in [9.17, 15) is 13.6 Å². The summed E-state index contributed by atoms with van der Waals surface area (Å²) < 4.78 is 33.7. The number of hydrogen-bond donors (Lipinski definition) is 2. The van der Waals surface area contributed by atoms with Crippen LogP contribution >= 0.6 is 0 Å². The van der Waals surface area contributed by atoms with E-state index in [1.807, 2.05) is 24.3 Å². The minimum atomic E-state index is -2.90. The number of hydrogen-bond acceptors (Lipinski definition) is 3. The van der Waals surface area contributed by atoms with Crippen LogP contribution in [0.2, 0.25) is 0 Å². The SMILES string of the molecule is COc1ccc(CCNC(=O)Nc2cccc(OC(F)F)c2)cc1. The maximum atomic E-state index is 12.2. The van der Waals surface area contributed by atoms with Gasteiger partial charge in [0.2, 0.25) is 0 Å². The molecule has 0 atom stereocenters. The van der Waals surface area contributed by atoms with Gasteiger partial charge in [-0.2, -0.15) is 8.78 Å². The lowest BCUT2D eigenvalue weighted by molar-refractivity contribution is -0.0497. The molecule has 0 spiro atoms. The third kappa shape index (κ3) is 5.75. The highest BCUT2D eigenvalue weighted by atomic mass is 19.3. The van der Waals surface area contributed by atoms with Gasteiger partial charge in [-0.15, -0.1) is 0 Å². The monoisotopic (exact) mass is 336 g/mol. The summed E-state index contributed by atoms with van der Waals surface area (Å²) >= 11 is 0. The van der Waals surface area contributed by atoms with Gasteiger partial charge in [0, 0.05) is 18.3 Å². The molecule has 0 aliphatic heterocycles. The van der Waals surface area contributed by atoms with Crippen molar-refractivity contribution >= 4 is 11.7 Å². The summed E-state index contributed by atoms with van der Waals surface area (Å²) in [4.78, 5) is 11.8. The average Bonchev–Trinajstić information content (AvgIpc) is 2.55. The molecule has 24 heavy (non-hydrogen) atoms. The van der Waals surface area contributed by atoms with E-state index in [2.05, 4.69) is 15.4 Å². The second kappa shape index (κ2) is 8.71. The Bertz CT molecular complexity index is 663. The number of halogens is 2. The lowest BCUT2D eigenvalue weighted by Crippen LogP contribution is -2.30. The number of ether oxygens (including phenoxy) is 2. The second-order valence-corrected chi connectivity index (χ2v) is 4.89. The molecule has 2 aromatic carbocycles. The predicted molar refractivity (Wildman–Crippen MR) is 86.8 cm³/mol. The molecule has 2 rings (SSSR count). The Balaban J connectivity index is 1.78. The number of amides is 2. The van der Waals surface area contributed by atoms with Crippen molar-refractivity contribution in [1.29, 1.82) is 0 Å². The molecule has 128 valence electrons. The van der Waals surface area contributed by atoms with Gasteiger partial charge in [0.15, 0.2) is 0 Å². The molecule has 0 aliphatic carbocycles. The zero-order valence-electron chi connectivity index (χ0n) is 13.1. The Morgan fingerprint density at radius 1 is 1.12 bits per heavy atom. The summed E-state index contributed by atoms with van der Waals surface area (Å²) in [6.07, 6.45) is 0.659. The van der Waals surface area contributed by atoms with Crippen LogP contribution in [0.5, 0.6) is 11.5 Å². The Labute approximate surface area is 138 Å². The number of urea groups is 1. The van der Waals surface area contributed by atoms with E-state index >= 15 is 0 Å². The quantitative estimate of drug-likeness (QED) is 0.811. The Kier molecular flexibility index (Phi) is 6.36. The summed E-state index contributed by atoms with van der Waals surface area (Å²) in [7, 11) is 1.60. The van der Waals surface area contributed by atoms with Gasteiger partial charge in [-0.1, -0.05) is 18.2 Å². The zero-order chi connectivity index (χ0) is 17.4. The van der Waals surface area contributed by atoms with Gasteiger partial charge in [-0.3, -0.25) is 0 Å². The fourth-order valence-electron chi connectivity index (χ4n) is 2.04. The van der Waals surface area contributed by atoms with Crippen LogP contribution in [0.25, 0.3) is 0 Å². The van der Waals surface area contributed by atoms with Gasteiger partial charge in [0.05, 0.1) is 7.11 Å². The van der Waals surface area contributed by atoms with E-state index < -0.39 is 12.6 Å². The number of nitrogens with one attached hydrogen (secondary N) is 2. The lowest BCUT2D eigenvalue weighted by Gasteiger charge is -2.10. The van der Waals surface area contributed by atoms with Crippen LogP contribution in [0.15, 0.2) is 48.5 Å². The number of carbonyl (C=O) groups is 1. The molecule has 2 amide bonds. The first kappa shape index (κ1) is 17.5. The first-order valence-electron chi connectivity index (χ1n) is 7.29. The van der Waals surface area contributed by atoms with Gasteiger partial charge in [0.1, 0.15) is 11.5 Å². The Hall–Kier alpha value is -2.83. The molecule has 0 radical (unpaired) electrons. The van der Waals surface area contributed by atoms with Crippen molar-refractivity contribution in [2.75, 3.05) is 19.0 Å². The van der Waals surface area contributed by atoms with Crippen LogP contribution < -0.4 is 20.1 Å². The highest BCUT2D eigenvalue weighted by Gasteiger charge is 2.06. The van der Waals surface area contributed by atoms with Gasteiger partial charge in [-0.25, -0.2) is 4.79 Å². The van der Waals surface area contributed by atoms with Crippen molar-refractivity contribution in [2.24, 2.45) is 0 Å². The van der Waals surface area contributed by atoms with Gasteiger partial charge in [0.25, 0.3) is 0 Å². The number of alkyl halides is 2. The molecule has 0 aliphatic rings. The Morgan fingerprint density at radius 2 is 1.88 bits per heavy atom. The molecule has 0 unspecified atom stereocenters. The van der Waals surface area contributed by atoms with Gasteiger partial charge >= 0.3 is 12.6 Å². The van der Waals surface area contributed by atoms with Crippen molar-refractivity contribution in [3.8, 4) is 11.5 Å². The summed E-state index contributed by atoms with van der Waals surface area (Å²) in [6.45, 7) is -2.47. The second-order valence-electron chi connectivity index (χ2n) is 4.89. The van der Waals surface area contributed by atoms with Crippen molar-refractivity contribution in [1.82, 2.24) is 5.32 Å². The van der Waals surface area contributed by atoms with Crippen molar-refractivity contribution in [3.63, 3.8) is 0 Å². The summed E-state index contributed by atoms with van der Waals surface area (Å²) in [5, 5.41) is 5.26. The molecular formula is C17H18F2N2O3. The summed E-state index contributed by atoms with van der Waals surface area (Å²) in [5.41, 5.74) is 1.43. The smallest absolute Gasteiger partial charge is 0.387 e. The number of methoxy groups -OCH3 is 1. The third-order valence-electron chi connectivity index (χ3n) is 3.18. The highest BCUT2D eigenvalue weighted by molar-refractivity contribution is 5.89. The van der Waals surface area contributed by atoms with Crippen LogP contribution in [0.4, 0.5) is 19.3 Å². The number of anilines is 1. The maximum absolute atomic E-state index is 12.2. The number of rotatable bonds is 7. The molecular weight excluding hydrogens is 318 g/mol. The molecule has 0 bridgehead atoms. The van der Waals surface area contributed by atoms with Crippen LogP contribution in [0.1, 0.15) is 5.56 Å². The van der Waals surface area contributed by atoms with E-state index in [0.29, 0.717) is 18.7 Å². The Morgan fingerprint density at radius 3 is 2.54 bits per heavy atom. The van der Waals surface area contributed by atoms with E-state index in [0.717, 1.165) is 11.3 Å². The molecule has 0 heterocycles. The molecule has 0 saturated heterocycles. The normalized spacial score (nSPS) is 10.3. The van der Waals surface area contributed by atoms with E-state index in [4.69, 9.17) is 4.74 Å². The van der Waals surface area contributed by atoms with Gasteiger partial charge in [-0.05, 0) is 36.2 Å². The molecule has 7 heteroatoms. The number of carbonyl (C=O) groups excluding carboxylic acids is 1. The summed E-state index contributed by atoms with van der Waals surface area (Å²) in [5.74, 6) is 0.761.